The average Bonchev–Trinajstić information content (AvgIpc) is 3.29. The summed E-state index contributed by atoms with van der Waals surface area (Å²) in [5.41, 5.74) is 0.725. The fourth-order valence-corrected chi connectivity index (χ4v) is 4.08. The second-order valence-electron chi connectivity index (χ2n) is 9.65. The Morgan fingerprint density at radius 3 is 2.59 bits per heavy atom. The van der Waals surface area contributed by atoms with Crippen LogP contribution in [0.5, 0.6) is 0 Å². The topological polar surface area (TPSA) is 102 Å². The van der Waals surface area contributed by atoms with E-state index in [4.69, 9.17) is 0 Å². The molecule has 164 valence electrons. The molecule has 8 nitrogen and oxygen atoms in total. The van der Waals surface area contributed by atoms with Gasteiger partial charge in [0.05, 0.1) is 18.5 Å². The van der Waals surface area contributed by atoms with Gasteiger partial charge in [-0.2, -0.15) is 0 Å². The number of carbonyl (C=O) groups excluding carboxylic acids is 2. The number of hydroxylamine groups is 2. The first-order valence-electron chi connectivity index (χ1n) is 10.5. The van der Waals surface area contributed by atoms with Gasteiger partial charge in [-0.05, 0) is 31.8 Å². The molecule has 0 saturated heterocycles. The predicted octanol–water partition coefficient (Wildman–Crippen LogP) is 2.72. The number of hydrogen-bond acceptors (Lipinski definition) is 5. The molecule has 0 aromatic carbocycles. The van der Waals surface area contributed by atoms with Crippen molar-refractivity contribution in [3.05, 3.63) is 17.7 Å². The van der Waals surface area contributed by atoms with Gasteiger partial charge in [0.25, 0.3) is 0 Å². The average molecular weight is 408 g/mol. The molecule has 1 heterocycles. The van der Waals surface area contributed by atoms with Crippen molar-refractivity contribution in [2.45, 2.75) is 65.5 Å². The van der Waals surface area contributed by atoms with E-state index in [1.54, 1.807) is 6.20 Å². The van der Waals surface area contributed by atoms with Gasteiger partial charge < -0.3 is 15.2 Å². The summed E-state index contributed by atoms with van der Waals surface area (Å²) >= 11 is 0. The molecule has 1 aromatic rings. The minimum atomic E-state index is -0.450. The van der Waals surface area contributed by atoms with Gasteiger partial charge in [0.15, 0.2) is 0 Å². The smallest absolute Gasteiger partial charge is 0.233 e. The van der Waals surface area contributed by atoms with E-state index < -0.39 is 5.92 Å². The third kappa shape index (κ3) is 7.12. The number of carbonyl (C=O) groups is 2. The summed E-state index contributed by atoms with van der Waals surface area (Å²) < 4.78 is 0. The zero-order valence-electron chi connectivity index (χ0n) is 18.4. The van der Waals surface area contributed by atoms with Crippen LogP contribution in [0.2, 0.25) is 0 Å². The Morgan fingerprint density at radius 2 is 2.03 bits per heavy atom. The lowest BCUT2D eigenvalue weighted by atomic mass is 9.85. The van der Waals surface area contributed by atoms with Crippen molar-refractivity contribution in [3.63, 3.8) is 0 Å². The van der Waals surface area contributed by atoms with Crippen molar-refractivity contribution in [1.82, 2.24) is 25.2 Å². The van der Waals surface area contributed by atoms with Crippen molar-refractivity contribution in [1.29, 1.82) is 0 Å². The molecule has 0 aliphatic heterocycles. The van der Waals surface area contributed by atoms with E-state index in [0.29, 0.717) is 23.8 Å². The fourth-order valence-electron chi connectivity index (χ4n) is 4.08. The van der Waals surface area contributed by atoms with Gasteiger partial charge in [-0.1, -0.05) is 46.5 Å². The normalized spacial score (nSPS) is 17.3. The van der Waals surface area contributed by atoms with Crippen LogP contribution in [0, 0.1) is 17.3 Å². The van der Waals surface area contributed by atoms with Crippen molar-refractivity contribution in [2.24, 2.45) is 17.3 Å². The van der Waals surface area contributed by atoms with E-state index in [9.17, 15) is 14.8 Å². The van der Waals surface area contributed by atoms with Crippen LogP contribution < -0.4 is 5.32 Å². The number of aromatic nitrogens is 2. The van der Waals surface area contributed by atoms with E-state index in [0.717, 1.165) is 30.9 Å². The molecule has 3 N–H and O–H groups in total. The summed E-state index contributed by atoms with van der Waals surface area (Å²) in [5.74, 6) is 0.588. The van der Waals surface area contributed by atoms with Crippen molar-refractivity contribution < 1.29 is 14.8 Å². The molecule has 29 heavy (non-hydrogen) atoms. The minimum absolute atomic E-state index is 0.00668. The van der Waals surface area contributed by atoms with Gasteiger partial charge in [0, 0.05) is 18.4 Å². The molecule has 2 amide bonds. The molecule has 1 fully saturated rings. The third-order valence-corrected chi connectivity index (χ3v) is 5.55. The van der Waals surface area contributed by atoms with Crippen molar-refractivity contribution in [3.8, 4) is 0 Å². The Kier molecular flexibility index (Phi) is 8.22. The molecule has 2 unspecified atom stereocenters. The molecule has 1 saturated carbocycles. The highest BCUT2D eigenvalue weighted by Gasteiger charge is 2.34. The third-order valence-electron chi connectivity index (χ3n) is 5.55. The highest BCUT2D eigenvalue weighted by Crippen LogP contribution is 2.34. The van der Waals surface area contributed by atoms with Gasteiger partial charge in [0.1, 0.15) is 5.82 Å². The Bertz CT molecular complexity index is 662. The highest BCUT2D eigenvalue weighted by atomic mass is 16.5. The molecule has 0 spiro atoms. The Labute approximate surface area is 174 Å². The first-order valence-corrected chi connectivity index (χ1v) is 10.5. The van der Waals surface area contributed by atoms with Crippen LogP contribution in [-0.4, -0.2) is 58.1 Å². The number of amides is 2. The first kappa shape index (κ1) is 23.3. The molecular formula is C21H37N5O3. The van der Waals surface area contributed by atoms with Gasteiger partial charge in [-0.3, -0.25) is 14.8 Å². The van der Waals surface area contributed by atoms with E-state index in [1.165, 1.54) is 12.8 Å². The second kappa shape index (κ2) is 10.2. The second-order valence-corrected chi connectivity index (χ2v) is 9.65. The zero-order valence-corrected chi connectivity index (χ0v) is 18.4. The van der Waals surface area contributed by atoms with Crippen LogP contribution in [0.1, 0.15) is 70.4 Å². The summed E-state index contributed by atoms with van der Waals surface area (Å²) in [6.07, 6.45) is 7.41. The van der Waals surface area contributed by atoms with Gasteiger partial charge in [-0.15, -0.1) is 0 Å². The van der Waals surface area contributed by atoms with Crippen LogP contribution in [0.25, 0.3) is 0 Å². The quantitative estimate of drug-likeness (QED) is 0.314. The molecule has 2 rings (SSSR count). The number of H-pyrrole nitrogens is 1. The highest BCUT2D eigenvalue weighted by molar-refractivity contribution is 5.79. The van der Waals surface area contributed by atoms with Crippen molar-refractivity contribution in [2.75, 3.05) is 20.6 Å². The van der Waals surface area contributed by atoms with E-state index in [1.807, 2.05) is 14.1 Å². The lowest BCUT2D eigenvalue weighted by Crippen LogP contribution is -2.43. The number of hydrogen-bond donors (Lipinski definition) is 3. The van der Waals surface area contributed by atoms with Crippen LogP contribution in [0.15, 0.2) is 6.20 Å². The number of imidazole rings is 1. The number of nitrogens with zero attached hydrogens (tertiary/aromatic N) is 3. The standard InChI is InChI=1S/C21H37N5O3/c1-21(2,3)18(19-22-11-17(23-19)13-25(4)5)24-20(28)16(12-26(29)14-27)10-15-8-6-7-9-15/h11,14-16,18,29H,6-10,12-13H2,1-5H3,(H,22,23)(H,24,28). The van der Waals surface area contributed by atoms with Gasteiger partial charge >= 0.3 is 0 Å². The SMILES string of the molecule is CN(C)Cc1cnc(C(NC(=O)C(CC2CCCC2)CN(O)C=O)C(C)(C)C)[nH]1. The first-order chi connectivity index (χ1) is 13.6. The number of aromatic amines is 1. The summed E-state index contributed by atoms with van der Waals surface area (Å²) in [7, 11) is 3.98. The molecule has 2 atom stereocenters. The Hall–Kier alpha value is -1.93. The van der Waals surface area contributed by atoms with E-state index in [2.05, 4.69) is 41.0 Å². The fraction of sp³-hybridized carbons (Fsp3) is 0.762. The van der Waals surface area contributed by atoms with Gasteiger partial charge in [-0.25, -0.2) is 10.0 Å². The molecule has 1 aliphatic rings. The molecule has 0 radical (unpaired) electrons. The maximum absolute atomic E-state index is 13.2. The predicted molar refractivity (Wildman–Crippen MR) is 111 cm³/mol. The number of rotatable bonds is 10. The summed E-state index contributed by atoms with van der Waals surface area (Å²) in [6.45, 7) is 6.92. The van der Waals surface area contributed by atoms with Crippen LogP contribution in [-0.2, 0) is 16.1 Å². The largest absolute Gasteiger partial charge is 0.345 e. The molecular weight excluding hydrogens is 370 g/mol. The Morgan fingerprint density at radius 1 is 1.38 bits per heavy atom. The summed E-state index contributed by atoms with van der Waals surface area (Å²) in [4.78, 5) is 34.0. The van der Waals surface area contributed by atoms with Crippen LogP contribution in [0.4, 0.5) is 0 Å². The lowest BCUT2D eigenvalue weighted by molar-refractivity contribution is -0.155. The van der Waals surface area contributed by atoms with Crippen molar-refractivity contribution >= 4 is 12.3 Å². The summed E-state index contributed by atoms with van der Waals surface area (Å²) in [6, 6.07) is -0.305. The number of nitrogens with one attached hydrogen (secondary N) is 2. The van der Waals surface area contributed by atoms with Gasteiger partial charge in [0.2, 0.25) is 12.3 Å². The van der Waals surface area contributed by atoms with E-state index in [-0.39, 0.29) is 23.9 Å². The lowest BCUT2D eigenvalue weighted by Gasteiger charge is -2.32. The maximum atomic E-state index is 13.2. The molecule has 8 heteroatoms. The summed E-state index contributed by atoms with van der Waals surface area (Å²) in [5, 5.41) is 13.4. The molecule has 1 aliphatic carbocycles. The van der Waals surface area contributed by atoms with Crippen LogP contribution >= 0.6 is 0 Å². The molecule has 0 bridgehead atoms. The monoisotopic (exact) mass is 407 g/mol. The maximum Gasteiger partial charge on any atom is 0.233 e. The zero-order chi connectivity index (χ0) is 21.6. The van der Waals surface area contributed by atoms with E-state index >= 15 is 0 Å². The molecule has 1 aromatic heterocycles. The Balaban J connectivity index is 2.16. The van der Waals surface area contributed by atoms with Crippen LogP contribution in [0.3, 0.4) is 0 Å². The minimum Gasteiger partial charge on any atom is -0.345 e.